The summed E-state index contributed by atoms with van der Waals surface area (Å²) in [5.74, 6) is 0.517. The summed E-state index contributed by atoms with van der Waals surface area (Å²) in [5.41, 5.74) is 8.28. The van der Waals surface area contributed by atoms with Gasteiger partial charge in [-0.25, -0.2) is 4.99 Å². The zero-order chi connectivity index (χ0) is 14.2. The van der Waals surface area contributed by atoms with Gasteiger partial charge in [0.2, 0.25) is 0 Å². The van der Waals surface area contributed by atoms with E-state index in [0.29, 0.717) is 12.5 Å². The van der Waals surface area contributed by atoms with Gasteiger partial charge in [0, 0.05) is 25.3 Å². The summed E-state index contributed by atoms with van der Waals surface area (Å²) >= 11 is 0. The molecule has 0 spiro atoms. The third-order valence-electron chi connectivity index (χ3n) is 3.32. The summed E-state index contributed by atoms with van der Waals surface area (Å²) in [5, 5.41) is 3.10. The quantitative estimate of drug-likeness (QED) is 0.629. The normalized spacial score (nSPS) is 16.2. The van der Waals surface area contributed by atoms with Gasteiger partial charge in [-0.3, -0.25) is 0 Å². The lowest BCUT2D eigenvalue weighted by Gasteiger charge is -2.30. The number of aliphatic imine (C=N–C) groups is 1. The first-order valence-corrected chi connectivity index (χ1v) is 7.25. The lowest BCUT2D eigenvalue weighted by Crippen LogP contribution is -2.36. The summed E-state index contributed by atoms with van der Waals surface area (Å²) in [4.78, 5) is 6.76. The number of nitrogens with two attached hydrogens (primary N) is 1. The van der Waals surface area contributed by atoms with Crippen molar-refractivity contribution in [3.8, 4) is 0 Å². The van der Waals surface area contributed by atoms with Crippen molar-refractivity contribution in [3.63, 3.8) is 0 Å². The van der Waals surface area contributed by atoms with Gasteiger partial charge in [-0.15, -0.1) is 0 Å². The van der Waals surface area contributed by atoms with Crippen molar-refractivity contribution in [2.24, 2.45) is 10.7 Å². The molecule has 1 fully saturated rings. The number of guanidine groups is 1. The molecule has 1 saturated heterocycles. The van der Waals surface area contributed by atoms with Crippen LogP contribution >= 0.6 is 0 Å². The molecule has 20 heavy (non-hydrogen) atoms. The third kappa shape index (κ3) is 4.13. The van der Waals surface area contributed by atoms with Crippen LogP contribution in [0.4, 0.5) is 5.69 Å². The number of anilines is 1. The number of hydrogen-bond donors (Lipinski definition) is 2. The fraction of sp³-hybridized carbons (Fsp3) is 0.533. The summed E-state index contributed by atoms with van der Waals surface area (Å²) in [7, 11) is 0. The van der Waals surface area contributed by atoms with Gasteiger partial charge in [0.1, 0.15) is 0 Å². The van der Waals surface area contributed by atoms with E-state index in [0.717, 1.165) is 39.3 Å². The number of benzene rings is 1. The maximum absolute atomic E-state index is 5.84. The first kappa shape index (κ1) is 14.7. The average Bonchev–Trinajstić information content (AvgIpc) is 2.52. The first-order chi connectivity index (χ1) is 9.81. The molecule has 1 heterocycles. The van der Waals surface area contributed by atoms with E-state index >= 15 is 0 Å². The summed E-state index contributed by atoms with van der Waals surface area (Å²) in [6, 6.07) is 8.37. The van der Waals surface area contributed by atoms with Crippen molar-refractivity contribution in [2.45, 2.75) is 19.9 Å². The van der Waals surface area contributed by atoms with Gasteiger partial charge in [-0.2, -0.15) is 0 Å². The number of para-hydroxylation sites is 1. The minimum atomic E-state index is 0.517. The second-order valence-corrected chi connectivity index (χ2v) is 4.86. The molecule has 110 valence electrons. The number of ether oxygens (including phenoxy) is 1. The maximum atomic E-state index is 5.84. The van der Waals surface area contributed by atoms with Crippen LogP contribution in [0, 0.1) is 0 Å². The van der Waals surface area contributed by atoms with Crippen molar-refractivity contribution in [3.05, 3.63) is 29.8 Å². The Bertz CT molecular complexity index is 441. The predicted molar refractivity (Wildman–Crippen MR) is 83.1 cm³/mol. The molecule has 0 bridgehead atoms. The van der Waals surface area contributed by atoms with Crippen LogP contribution in [0.3, 0.4) is 0 Å². The van der Waals surface area contributed by atoms with Crippen molar-refractivity contribution >= 4 is 11.6 Å². The lowest BCUT2D eigenvalue weighted by atomic mass is 10.1. The fourth-order valence-corrected chi connectivity index (χ4v) is 2.24. The molecule has 0 unspecified atom stereocenters. The lowest BCUT2D eigenvalue weighted by molar-refractivity contribution is 0.122. The second-order valence-electron chi connectivity index (χ2n) is 4.86. The molecular weight excluding hydrogens is 252 g/mol. The molecule has 2 rings (SSSR count). The number of morpholine rings is 1. The highest BCUT2D eigenvalue weighted by Crippen LogP contribution is 2.22. The molecule has 0 amide bonds. The number of nitrogens with one attached hydrogen (secondary N) is 1. The maximum Gasteiger partial charge on any atom is 0.188 e. The monoisotopic (exact) mass is 276 g/mol. The van der Waals surface area contributed by atoms with Crippen molar-refractivity contribution in [1.29, 1.82) is 0 Å². The Balaban J connectivity index is 2.03. The molecule has 0 radical (unpaired) electrons. The first-order valence-electron chi connectivity index (χ1n) is 7.25. The van der Waals surface area contributed by atoms with Gasteiger partial charge in [-0.05, 0) is 18.1 Å². The molecule has 1 aromatic carbocycles. The second kappa shape index (κ2) is 7.75. The Morgan fingerprint density at radius 1 is 1.35 bits per heavy atom. The summed E-state index contributed by atoms with van der Waals surface area (Å²) in [6.07, 6.45) is 1.04. The highest BCUT2D eigenvalue weighted by Gasteiger charge is 2.13. The number of nitrogens with zero attached hydrogens (tertiary/aromatic N) is 2. The minimum Gasteiger partial charge on any atom is -0.378 e. The van der Waals surface area contributed by atoms with Gasteiger partial charge in [0.25, 0.3) is 0 Å². The van der Waals surface area contributed by atoms with E-state index in [-0.39, 0.29) is 0 Å². The molecule has 0 atom stereocenters. The van der Waals surface area contributed by atoms with Crippen LogP contribution in [0.5, 0.6) is 0 Å². The van der Waals surface area contributed by atoms with Crippen LogP contribution in [-0.4, -0.2) is 38.8 Å². The predicted octanol–water partition coefficient (Wildman–Crippen LogP) is 1.34. The molecule has 1 aliphatic heterocycles. The third-order valence-corrected chi connectivity index (χ3v) is 3.32. The Hall–Kier alpha value is -1.75. The van der Waals surface area contributed by atoms with E-state index in [4.69, 9.17) is 10.5 Å². The molecule has 0 aromatic heterocycles. The topological polar surface area (TPSA) is 62.9 Å². The van der Waals surface area contributed by atoms with Crippen molar-refractivity contribution < 1.29 is 4.74 Å². The zero-order valence-electron chi connectivity index (χ0n) is 12.1. The van der Waals surface area contributed by atoms with Crippen LogP contribution in [0.25, 0.3) is 0 Å². The summed E-state index contributed by atoms with van der Waals surface area (Å²) < 4.78 is 5.40. The Labute approximate surface area is 120 Å². The van der Waals surface area contributed by atoms with E-state index in [9.17, 15) is 0 Å². The van der Waals surface area contributed by atoms with Gasteiger partial charge >= 0.3 is 0 Å². The average molecular weight is 276 g/mol. The molecule has 5 nitrogen and oxygen atoms in total. The largest absolute Gasteiger partial charge is 0.378 e. The Morgan fingerprint density at radius 2 is 2.10 bits per heavy atom. The van der Waals surface area contributed by atoms with Gasteiger partial charge in [0.15, 0.2) is 5.96 Å². The van der Waals surface area contributed by atoms with Crippen LogP contribution < -0.4 is 16.0 Å². The van der Waals surface area contributed by atoms with E-state index in [1.807, 2.05) is 6.07 Å². The van der Waals surface area contributed by atoms with Crippen LogP contribution in [0.2, 0.25) is 0 Å². The molecule has 5 heteroatoms. The molecular formula is C15H24N4O. The van der Waals surface area contributed by atoms with E-state index in [1.54, 1.807) is 0 Å². The Morgan fingerprint density at radius 3 is 2.85 bits per heavy atom. The van der Waals surface area contributed by atoms with Crippen molar-refractivity contribution in [1.82, 2.24) is 5.32 Å². The van der Waals surface area contributed by atoms with Gasteiger partial charge in [-0.1, -0.05) is 25.1 Å². The number of hydrogen-bond acceptors (Lipinski definition) is 3. The SMILES string of the molecule is CCCNC(N)=NCc1ccccc1N1CCOCC1. The summed E-state index contributed by atoms with van der Waals surface area (Å²) in [6.45, 7) is 7.02. The number of rotatable bonds is 5. The zero-order valence-corrected chi connectivity index (χ0v) is 12.1. The van der Waals surface area contributed by atoms with Crippen LogP contribution in [-0.2, 0) is 11.3 Å². The van der Waals surface area contributed by atoms with E-state index in [2.05, 4.69) is 40.3 Å². The molecule has 0 saturated carbocycles. The van der Waals surface area contributed by atoms with Gasteiger partial charge < -0.3 is 20.7 Å². The smallest absolute Gasteiger partial charge is 0.188 e. The molecule has 3 N–H and O–H groups in total. The minimum absolute atomic E-state index is 0.517. The van der Waals surface area contributed by atoms with E-state index < -0.39 is 0 Å². The molecule has 1 aliphatic rings. The van der Waals surface area contributed by atoms with Crippen LogP contribution in [0.1, 0.15) is 18.9 Å². The van der Waals surface area contributed by atoms with Crippen LogP contribution in [0.15, 0.2) is 29.3 Å². The van der Waals surface area contributed by atoms with E-state index in [1.165, 1.54) is 11.3 Å². The van der Waals surface area contributed by atoms with Gasteiger partial charge in [0.05, 0.1) is 19.8 Å². The molecule has 1 aromatic rings. The fourth-order valence-electron chi connectivity index (χ4n) is 2.24. The Kier molecular flexibility index (Phi) is 5.68. The highest BCUT2D eigenvalue weighted by atomic mass is 16.5. The molecule has 0 aliphatic carbocycles. The highest BCUT2D eigenvalue weighted by molar-refractivity contribution is 5.77. The van der Waals surface area contributed by atoms with Crippen molar-refractivity contribution in [2.75, 3.05) is 37.7 Å². The standard InChI is InChI=1S/C15H24N4O/c1-2-7-17-15(16)18-12-13-5-3-4-6-14(13)19-8-10-20-11-9-19/h3-6H,2,7-12H2,1H3,(H3,16,17,18).